The van der Waals surface area contributed by atoms with Crippen molar-refractivity contribution in [3.63, 3.8) is 0 Å². The number of hydrogen-bond acceptors (Lipinski definition) is 6. The van der Waals surface area contributed by atoms with Crippen molar-refractivity contribution >= 4 is 16.3 Å². The Morgan fingerprint density at radius 2 is 1.67 bits per heavy atom. The van der Waals surface area contributed by atoms with Gasteiger partial charge in [-0.3, -0.25) is 4.40 Å². The van der Waals surface area contributed by atoms with Gasteiger partial charge in [0, 0.05) is 16.6 Å². The summed E-state index contributed by atoms with van der Waals surface area (Å²) in [6, 6.07) is 3.74. The highest BCUT2D eigenvalue weighted by molar-refractivity contribution is 7.15. The van der Waals surface area contributed by atoms with Crippen LogP contribution in [0.15, 0.2) is 17.5 Å². The maximum absolute atomic E-state index is 5.38. The van der Waals surface area contributed by atoms with Crippen molar-refractivity contribution in [1.29, 1.82) is 0 Å². The molecule has 6 nitrogen and oxygen atoms in total. The molecule has 0 radical (unpaired) electrons. The van der Waals surface area contributed by atoms with E-state index in [0.29, 0.717) is 17.2 Å². The van der Waals surface area contributed by atoms with Crippen LogP contribution in [-0.4, -0.2) is 35.9 Å². The highest BCUT2D eigenvalue weighted by Crippen LogP contribution is 2.41. The van der Waals surface area contributed by atoms with Gasteiger partial charge in [-0.15, -0.1) is 21.5 Å². The molecule has 0 saturated heterocycles. The molecule has 0 fully saturated rings. The molecule has 2 heterocycles. The highest BCUT2D eigenvalue weighted by atomic mass is 32.1. The van der Waals surface area contributed by atoms with Crippen molar-refractivity contribution < 1.29 is 14.2 Å². The van der Waals surface area contributed by atoms with Crippen LogP contribution in [0.2, 0.25) is 0 Å². The number of aromatic nitrogens is 3. The number of hydrogen-bond donors (Lipinski definition) is 0. The maximum Gasteiger partial charge on any atom is 0.216 e. The first kappa shape index (κ1) is 13.7. The van der Waals surface area contributed by atoms with Crippen LogP contribution in [0.25, 0.3) is 16.3 Å². The van der Waals surface area contributed by atoms with Gasteiger partial charge in [-0.2, -0.15) is 0 Å². The average molecular weight is 305 g/mol. The zero-order chi connectivity index (χ0) is 15.0. The second kappa shape index (κ2) is 5.25. The second-order valence-corrected chi connectivity index (χ2v) is 5.27. The summed E-state index contributed by atoms with van der Waals surface area (Å²) >= 11 is 1.56. The maximum atomic E-state index is 5.38. The van der Waals surface area contributed by atoms with Crippen LogP contribution in [0, 0.1) is 6.92 Å². The minimum absolute atomic E-state index is 0.562. The van der Waals surface area contributed by atoms with Crippen LogP contribution in [0.1, 0.15) is 5.69 Å². The molecule has 0 spiro atoms. The van der Waals surface area contributed by atoms with Gasteiger partial charge >= 0.3 is 0 Å². The third-order valence-electron chi connectivity index (χ3n) is 3.24. The van der Waals surface area contributed by atoms with Crippen molar-refractivity contribution in [1.82, 2.24) is 14.6 Å². The molecule has 0 amide bonds. The van der Waals surface area contributed by atoms with Crippen molar-refractivity contribution in [2.75, 3.05) is 21.3 Å². The van der Waals surface area contributed by atoms with Gasteiger partial charge in [0.1, 0.15) is 0 Å². The minimum Gasteiger partial charge on any atom is -0.493 e. The summed E-state index contributed by atoms with van der Waals surface area (Å²) in [5, 5.41) is 10.5. The molecule has 2 aromatic heterocycles. The third-order valence-corrected chi connectivity index (χ3v) is 4.18. The van der Waals surface area contributed by atoms with Crippen LogP contribution in [0.4, 0.5) is 0 Å². The second-order valence-electron chi connectivity index (χ2n) is 4.43. The van der Waals surface area contributed by atoms with Gasteiger partial charge < -0.3 is 14.2 Å². The summed E-state index contributed by atoms with van der Waals surface area (Å²) in [7, 11) is 4.77. The quantitative estimate of drug-likeness (QED) is 0.742. The van der Waals surface area contributed by atoms with Gasteiger partial charge in [0.15, 0.2) is 17.3 Å². The lowest BCUT2D eigenvalue weighted by Crippen LogP contribution is -1.97. The molecule has 0 aliphatic heterocycles. The lowest BCUT2D eigenvalue weighted by atomic mass is 10.1. The van der Waals surface area contributed by atoms with Crippen LogP contribution < -0.4 is 14.2 Å². The van der Waals surface area contributed by atoms with Crippen LogP contribution >= 0.6 is 11.3 Å². The van der Waals surface area contributed by atoms with Gasteiger partial charge in [0.2, 0.25) is 10.7 Å². The molecule has 1 aromatic carbocycles. The summed E-state index contributed by atoms with van der Waals surface area (Å²) in [5.74, 6) is 2.50. The molecule has 110 valence electrons. The summed E-state index contributed by atoms with van der Waals surface area (Å²) in [5.41, 5.74) is 1.95. The Morgan fingerprint density at radius 1 is 1.00 bits per heavy atom. The molecule has 7 heteroatoms. The van der Waals surface area contributed by atoms with Crippen molar-refractivity contribution in [3.8, 4) is 28.6 Å². The Bertz CT molecular complexity index is 769. The van der Waals surface area contributed by atoms with E-state index in [0.717, 1.165) is 22.0 Å². The smallest absolute Gasteiger partial charge is 0.216 e. The zero-order valence-electron chi connectivity index (χ0n) is 12.2. The number of thiazole rings is 1. The van der Waals surface area contributed by atoms with E-state index in [-0.39, 0.29) is 0 Å². The molecule has 0 aliphatic carbocycles. The van der Waals surface area contributed by atoms with Crippen molar-refractivity contribution in [3.05, 3.63) is 23.2 Å². The van der Waals surface area contributed by atoms with E-state index >= 15 is 0 Å². The Kier molecular flexibility index (Phi) is 3.42. The van der Waals surface area contributed by atoms with Crippen LogP contribution in [0.5, 0.6) is 17.2 Å². The molecule has 0 aliphatic rings. The molecule has 3 aromatic rings. The molecule has 0 bridgehead atoms. The van der Waals surface area contributed by atoms with E-state index in [1.807, 2.05) is 28.8 Å². The third kappa shape index (κ3) is 2.09. The number of rotatable bonds is 4. The van der Waals surface area contributed by atoms with E-state index in [4.69, 9.17) is 14.2 Å². The van der Waals surface area contributed by atoms with Gasteiger partial charge in [-0.1, -0.05) is 0 Å². The molecular weight excluding hydrogens is 290 g/mol. The Hall–Kier alpha value is -2.28. The molecule has 21 heavy (non-hydrogen) atoms. The number of nitrogens with zero attached hydrogens (tertiary/aromatic N) is 3. The summed E-state index contributed by atoms with van der Waals surface area (Å²) < 4.78 is 18.1. The predicted molar refractivity (Wildman–Crippen MR) is 80.7 cm³/mol. The summed E-state index contributed by atoms with van der Waals surface area (Å²) in [4.78, 5) is 0.858. The Morgan fingerprint density at radius 3 is 2.24 bits per heavy atom. The number of fused-ring (bicyclic) bond motifs is 1. The van der Waals surface area contributed by atoms with Crippen molar-refractivity contribution in [2.24, 2.45) is 0 Å². The normalized spacial score (nSPS) is 10.9. The Labute approximate surface area is 125 Å². The van der Waals surface area contributed by atoms with E-state index < -0.39 is 0 Å². The van der Waals surface area contributed by atoms with Crippen LogP contribution in [-0.2, 0) is 0 Å². The van der Waals surface area contributed by atoms with Crippen LogP contribution in [0.3, 0.4) is 0 Å². The first-order valence-corrected chi connectivity index (χ1v) is 7.17. The Balaban J connectivity index is 2.25. The molecule has 0 saturated carbocycles. The zero-order valence-corrected chi connectivity index (χ0v) is 13.0. The standard InChI is InChI=1S/C14H15N3O3S/c1-8-7-21-14-16-15-13(17(8)14)9-5-10(18-2)12(20-4)11(6-9)19-3/h5-7H,1-4H3. The molecule has 0 unspecified atom stereocenters. The lowest BCUT2D eigenvalue weighted by molar-refractivity contribution is 0.324. The van der Waals surface area contributed by atoms with Gasteiger partial charge in [-0.05, 0) is 19.1 Å². The fraction of sp³-hybridized carbons (Fsp3) is 0.286. The SMILES string of the molecule is COc1cc(-c2nnc3scc(C)n23)cc(OC)c1OC. The average Bonchev–Trinajstić information content (AvgIpc) is 3.09. The predicted octanol–water partition coefficient (Wildman–Crippen LogP) is 2.79. The minimum atomic E-state index is 0.562. The molecular formula is C14H15N3O3S. The van der Waals surface area contributed by atoms with E-state index in [9.17, 15) is 0 Å². The lowest BCUT2D eigenvalue weighted by Gasteiger charge is -2.13. The summed E-state index contributed by atoms with van der Waals surface area (Å²) in [6.45, 7) is 2.02. The molecule has 3 rings (SSSR count). The monoisotopic (exact) mass is 305 g/mol. The van der Waals surface area contributed by atoms with E-state index in [1.165, 1.54) is 0 Å². The topological polar surface area (TPSA) is 57.9 Å². The fourth-order valence-corrected chi connectivity index (χ4v) is 3.06. The van der Waals surface area contributed by atoms with Gasteiger partial charge in [-0.25, -0.2) is 0 Å². The summed E-state index contributed by atoms with van der Waals surface area (Å²) in [6.07, 6.45) is 0. The number of benzene rings is 1. The van der Waals surface area contributed by atoms with Gasteiger partial charge in [0.05, 0.1) is 21.3 Å². The van der Waals surface area contributed by atoms with E-state index in [1.54, 1.807) is 32.7 Å². The number of ether oxygens (including phenoxy) is 3. The molecule has 0 atom stereocenters. The first-order valence-electron chi connectivity index (χ1n) is 6.29. The van der Waals surface area contributed by atoms with Crippen molar-refractivity contribution in [2.45, 2.75) is 6.92 Å². The number of aryl methyl sites for hydroxylation is 1. The highest BCUT2D eigenvalue weighted by Gasteiger charge is 2.18. The number of methoxy groups -OCH3 is 3. The first-order chi connectivity index (χ1) is 10.2. The van der Waals surface area contributed by atoms with E-state index in [2.05, 4.69) is 10.2 Å². The van der Waals surface area contributed by atoms with Gasteiger partial charge in [0.25, 0.3) is 0 Å². The molecule has 0 N–H and O–H groups in total. The fourth-order valence-electron chi connectivity index (χ4n) is 2.25. The largest absolute Gasteiger partial charge is 0.493 e.